The largest absolute Gasteiger partial charge is 0.489 e. The number of azo groups is 1. The van der Waals surface area contributed by atoms with E-state index in [4.69, 9.17) is 10.00 Å². The van der Waals surface area contributed by atoms with E-state index in [2.05, 4.69) is 15.5 Å². The third-order valence-electron chi connectivity index (χ3n) is 5.76. The standard InChI is InChI=1S/C21H23F3N4O2/c1-19(2)17(27-16(29)15-6-5-9-26-28-15)20(3,4)18(19)30-13-8-7-12(11-25)14(10-13)21(22,23)24/h6-8,10,17-18H,5,9H2,1-4H3,(H,27,29)/t17-,18-. The number of hydrogen-bond donors (Lipinski definition) is 1. The molecule has 1 aliphatic heterocycles. The lowest BCUT2D eigenvalue weighted by atomic mass is 9.49. The van der Waals surface area contributed by atoms with Crippen LogP contribution in [0.15, 0.2) is 40.2 Å². The van der Waals surface area contributed by atoms with E-state index in [0.29, 0.717) is 13.0 Å². The molecule has 0 unspecified atom stereocenters. The summed E-state index contributed by atoms with van der Waals surface area (Å²) in [6.45, 7) is 8.10. The highest BCUT2D eigenvalue weighted by Gasteiger charge is 2.64. The highest BCUT2D eigenvalue weighted by molar-refractivity contribution is 5.93. The van der Waals surface area contributed by atoms with Gasteiger partial charge in [-0.1, -0.05) is 27.7 Å². The number of carbonyl (C=O) groups excluding carboxylic acids is 1. The summed E-state index contributed by atoms with van der Waals surface area (Å²) in [4.78, 5) is 12.5. The third kappa shape index (κ3) is 3.78. The van der Waals surface area contributed by atoms with Crippen LogP contribution in [0.4, 0.5) is 13.2 Å². The first kappa shape index (κ1) is 21.8. The van der Waals surface area contributed by atoms with Gasteiger partial charge in [0.15, 0.2) is 0 Å². The van der Waals surface area contributed by atoms with Crippen molar-refractivity contribution in [1.82, 2.24) is 5.32 Å². The fraction of sp³-hybridized carbons (Fsp3) is 0.524. The zero-order valence-corrected chi connectivity index (χ0v) is 17.2. The number of nitrogens with one attached hydrogen (secondary N) is 1. The van der Waals surface area contributed by atoms with Gasteiger partial charge in [0, 0.05) is 16.9 Å². The van der Waals surface area contributed by atoms with Crippen molar-refractivity contribution in [3.63, 3.8) is 0 Å². The van der Waals surface area contributed by atoms with Crippen molar-refractivity contribution in [2.45, 2.75) is 52.4 Å². The molecule has 1 saturated carbocycles. The van der Waals surface area contributed by atoms with Crippen molar-refractivity contribution in [1.29, 1.82) is 5.26 Å². The van der Waals surface area contributed by atoms with E-state index in [9.17, 15) is 18.0 Å². The van der Waals surface area contributed by atoms with Crippen LogP contribution >= 0.6 is 0 Å². The molecule has 9 heteroatoms. The zero-order valence-electron chi connectivity index (χ0n) is 17.2. The molecule has 0 spiro atoms. The van der Waals surface area contributed by atoms with Gasteiger partial charge in [0.1, 0.15) is 17.6 Å². The number of nitrogens with zero attached hydrogens (tertiary/aromatic N) is 3. The molecule has 1 aromatic carbocycles. The highest BCUT2D eigenvalue weighted by atomic mass is 19.4. The zero-order chi connectivity index (χ0) is 22.3. The Morgan fingerprint density at radius 2 is 1.93 bits per heavy atom. The van der Waals surface area contributed by atoms with Gasteiger partial charge in [0.05, 0.1) is 23.7 Å². The molecule has 1 fully saturated rings. The summed E-state index contributed by atoms with van der Waals surface area (Å²) in [6.07, 6.45) is -2.75. The van der Waals surface area contributed by atoms with E-state index >= 15 is 0 Å². The number of ether oxygens (including phenoxy) is 1. The smallest absolute Gasteiger partial charge is 0.417 e. The van der Waals surface area contributed by atoms with Crippen LogP contribution in [0.5, 0.6) is 5.75 Å². The van der Waals surface area contributed by atoms with E-state index in [1.807, 2.05) is 27.7 Å². The van der Waals surface area contributed by atoms with Crippen LogP contribution in [-0.2, 0) is 11.0 Å². The lowest BCUT2D eigenvalue weighted by Gasteiger charge is -2.63. The predicted molar refractivity (Wildman–Crippen MR) is 102 cm³/mol. The van der Waals surface area contributed by atoms with Crippen LogP contribution in [0.1, 0.15) is 45.2 Å². The summed E-state index contributed by atoms with van der Waals surface area (Å²) in [5.74, 6) is -0.304. The topological polar surface area (TPSA) is 86.8 Å². The van der Waals surface area contributed by atoms with Gasteiger partial charge in [0.2, 0.25) is 0 Å². The van der Waals surface area contributed by atoms with Gasteiger partial charge < -0.3 is 10.1 Å². The molecule has 160 valence electrons. The summed E-state index contributed by atoms with van der Waals surface area (Å²) < 4.78 is 45.7. The first-order valence-corrected chi connectivity index (χ1v) is 9.55. The Kier molecular flexibility index (Phi) is 5.39. The summed E-state index contributed by atoms with van der Waals surface area (Å²) in [5, 5.41) is 19.7. The molecule has 0 bridgehead atoms. The fourth-order valence-electron chi connectivity index (χ4n) is 4.63. The highest BCUT2D eigenvalue weighted by Crippen LogP contribution is 2.55. The van der Waals surface area contributed by atoms with Crippen molar-refractivity contribution < 1.29 is 22.7 Å². The van der Waals surface area contributed by atoms with Gasteiger partial charge >= 0.3 is 6.18 Å². The van der Waals surface area contributed by atoms with Gasteiger partial charge in [-0.15, -0.1) is 0 Å². The molecule has 1 aromatic rings. The number of rotatable bonds is 4. The van der Waals surface area contributed by atoms with Gasteiger partial charge in [-0.3, -0.25) is 4.79 Å². The Labute approximate surface area is 172 Å². The maximum absolute atomic E-state index is 13.3. The first-order valence-electron chi connectivity index (χ1n) is 9.55. The van der Waals surface area contributed by atoms with E-state index < -0.39 is 34.2 Å². The minimum Gasteiger partial charge on any atom is -0.489 e. The Balaban J connectivity index is 1.80. The molecule has 0 radical (unpaired) electrons. The van der Waals surface area contributed by atoms with Gasteiger partial charge in [-0.05, 0) is 30.7 Å². The first-order chi connectivity index (χ1) is 13.9. The maximum atomic E-state index is 13.3. The Hall–Kier alpha value is -2.89. The number of nitriles is 1. The third-order valence-corrected chi connectivity index (χ3v) is 5.76. The average Bonchev–Trinajstić information content (AvgIpc) is 2.69. The number of alkyl halides is 3. The second-order valence-corrected chi connectivity index (χ2v) is 8.71. The van der Waals surface area contributed by atoms with E-state index in [1.165, 1.54) is 6.07 Å². The molecule has 0 aromatic heterocycles. The summed E-state index contributed by atoms with van der Waals surface area (Å²) in [7, 11) is 0. The normalized spacial score (nSPS) is 24.3. The van der Waals surface area contributed by atoms with Gasteiger partial charge in [-0.2, -0.15) is 28.7 Å². The molecule has 0 saturated heterocycles. The van der Waals surface area contributed by atoms with Crippen LogP contribution in [0, 0.1) is 22.2 Å². The van der Waals surface area contributed by atoms with Crippen LogP contribution in [-0.4, -0.2) is 24.6 Å². The Morgan fingerprint density at radius 1 is 1.27 bits per heavy atom. The summed E-state index contributed by atoms with van der Waals surface area (Å²) >= 11 is 0. The molecule has 1 N–H and O–H groups in total. The van der Waals surface area contributed by atoms with Crippen molar-refractivity contribution in [3.8, 4) is 11.8 Å². The maximum Gasteiger partial charge on any atom is 0.417 e. The number of halogens is 3. The minimum atomic E-state index is -4.66. The molecule has 6 nitrogen and oxygen atoms in total. The molecule has 2 aliphatic rings. The lowest BCUT2D eigenvalue weighted by molar-refractivity contribution is -0.172. The van der Waals surface area contributed by atoms with Crippen LogP contribution < -0.4 is 10.1 Å². The number of hydrogen-bond acceptors (Lipinski definition) is 5. The quantitative estimate of drug-likeness (QED) is 0.771. The van der Waals surface area contributed by atoms with Crippen LogP contribution in [0.2, 0.25) is 0 Å². The molecule has 0 atom stereocenters. The molecule has 30 heavy (non-hydrogen) atoms. The summed E-state index contributed by atoms with van der Waals surface area (Å²) in [6, 6.07) is 4.59. The van der Waals surface area contributed by atoms with Gasteiger partial charge in [-0.25, -0.2) is 0 Å². The Bertz CT molecular complexity index is 942. The molecule has 3 rings (SSSR count). The fourth-order valence-corrected chi connectivity index (χ4v) is 4.63. The molecular weight excluding hydrogens is 397 g/mol. The van der Waals surface area contributed by atoms with E-state index in [-0.39, 0.29) is 23.4 Å². The number of amides is 1. The van der Waals surface area contributed by atoms with Gasteiger partial charge in [0.25, 0.3) is 5.91 Å². The van der Waals surface area contributed by atoms with E-state index in [1.54, 1.807) is 12.1 Å². The minimum absolute atomic E-state index is 0.0287. The number of benzene rings is 1. The molecule has 1 amide bonds. The predicted octanol–water partition coefficient (Wildman–Crippen LogP) is 4.62. The molecular formula is C21H23F3N4O2. The van der Waals surface area contributed by atoms with Crippen molar-refractivity contribution >= 4 is 5.91 Å². The summed E-state index contributed by atoms with van der Waals surface area (Å²) in [5.41, 5.74) is -2.34. The SMILES string of the molecule is CC1(C)[C@H](NC(=O)C2=CCCN=N2)C(C)(C)[C@H]1Oc1ccc(C#N)c(C(F)(F)F)c1. The average molecular weight is 420 g/mol. The molecule has 1 aliphatic carbocycles. The number of carbonyl (C=O) groups is 1. The second-order valence-electron chi connectivity index (χ2n) is 8.71. The second kappa shape index (κ2) is 7.42. The van der Waals surface area contributed by atoms with Crippen LogP contribution in [0.3, 0.4) is 0 Å². The van der Waals surface area contributed by atoms with E-state index in [0.717, 1.165) is 12.1 Å². The van der Waals surface area contributed by atoms with Crippen molar-refractivity contribution in [2.24, 2.45) is 21.1 Å². The van der Waals surface area contributed by atoms with Crippen molar-refractivity contribution in [3.05, 3.63) is 41.1 Å². The van der Waals surface area contributed by atoms with Crippen molar-refractivity contribution in [2.75, 3.05) is 6.54 Å². The Morgan fingerprint density at radius 3 is 2.47 bits per heavy atom. The molecule has 1 heterocycles. The monoisotopic (exact) mass is 420 g/mol. The lowest BCUT2D eigenvalue weighted by Crippen LogP contribution is -2.74. The van der Waals surface area contributed by atoms with Crippen LogP contribution in [0.25, 0.3) is 0 Å².